The second kappa shape index (κ2) is 7.25. The molecule has 6 nitrogen and oxygen atoms in total. The van der Waals surface area contributed by atoms with Gasteiger partial charge in [-0.25, -0.2) is 0 Å². The van der Waals surface area contributed by atoms with Crippen molar-refractivity contribution in [1.29, 1.82) is 0 Å². The fourth-order valence-corrected chi connectivity index (χ4v) is 3.40. The van der Waals surface area contributed by atoms with Gasteiger partial charge in [0.05, 0.1) is 18.7 Å². The summed E-state index contributed by atoms with van der Waals surface area (Å²) in [4.78, 5) is 26.7. The van der Waals surface area contributed by atoms with Gasteiger partial charge in [0, 0.05) is 29.8 Å². The number of benzene rings is 2. The van der Waals surface area contributed by atoms with Gasteiger partial charge in [0.1, 0.15) is 18.9 Å². The molecule has 4 rings (SSSR count). The van der Waals surface area contributed by atoms with Crippen LogP contribution >= 0.6 is 0 Å². The van der Waals surface area contributed by atoms with E-state index in [4.69, 9.17) is 4.74 Å². The number of aliphatic hydroxyl groups is 1. The van der Waals surface area contributed by atoms with E-state index in [1.807, 2.05) is 36.4 Å². The summed E-state index contributed by atoms with van der Waals surface area (Å²) in [5.74, 6) is 0.700. The molecule has 0 radical (unpaired) electrons. The fourth-order valence-electron chi connectivity index (χ4n) is 3.40. The quantitative estimate of drug-likeness (QED) is 0.771. The molecule has 2 heterocycles. The number of hydrogen-bond acceptors (Lipinski definition) is 4. The summed E-state index contributed by atoms with van der Waals surface area (Å²) >= 11 is 0. The lowest BCUT2D eigenvalue weighted by molar-refractivity contribution is -0.132. The van der Waals surface area contributed by atoms with Crippen LogP contribution in [0.3, 0.4) is 0 Å². The number of rotatable bonds is 3. The van der Waals surface area contributed by atoms with Crippen LogP contribution in [0.2, 0.25) is 0 Å². The van der Waals surface area contributed by atoms with Crippen LogP contribution in [-0.4, -0.2) is 33.6 Å². The molecule has 0 atom stereocenters. The molecule has 2 aromatic carbocycles. The molecule has 1 aliphatic heterocycles. The molecule has 1 aromatic heterocycles. The number of aliphatic hydroxyl groups excluding tert-OH is 1. The summed E-state index contributed by atoms with van der Waals surface area (Å²) in [7, 11) is 0. The lowest BCUT2D eigenvalue weighted by Crippen LogP contribution is -2.35. The van der Waals surface area contributed by atoms with Crippen LogP contribution in [0.5, 0.6) is 5.75 Å². The van der Waals surface area contributed by atoms with Gasteiger partial charge >= 0.3 is 0 Å². The summed E-state index contributed by atoms with van der Waals surface area (Å²) in [6, 6.07) is 14.3. The van der Waals surface area contributed by atoms with Crippen LogP contribution in [0, 0.1) is 0 Å². The zero-order valence-electron chi connectivity index (χ0n) is 14.8. The summed E-state index contributed by atoms with van der Waals surface area (Å²) in [6.07, 6.45) is 1.66. The Balaban J connectivity index is 1.60. The van der Waals surface area contributed by atoms with Gasteiger partial charge in [0.15, 0.2) is 5.43 Å². The minimum atomic E-state index is -0.0528. The van der Waals surface area contributed by atoms with Gasteiger partial charge in [-0.2, -0.15) is 0 Å². The first-order valence-corrected chi connectivity index (χ1v) is 8.87. The average Bonchev–Trinajstić information content (AvgIpc) is 2.92. The summed E-state index contributed by atoms with van der Waals surface area (Å²) in [5.41, 5.74) is 2.37. The van der Waals surface area contributed by atoms with Crippen molar-refractivity contribution in [3.05, 3.63) is 76.1 Å². The lowest BCUT2D eigenvalue weighted by Gasteiger charge is -2.21. The van der Waals surface area contributed by atoms with Gasteiger partial charge in [0.25, 0.3) is 0 Å². The third-order valence-electron chi connectivity index (χ3n) is 4.83. The monoisotopic (exact) mass is 364 g/mol. The smallest absolute Gasteiger partial charge is 0.242 e. The van der Waals surface area contributed by atoms with E-state index >= 15 is 0 Å². The molecule has 1 N–H and O–H groups in total. The number of para-hydroxylation sites is 1. The Morgan fingerprint density at radius 3 is 2.85 bits per heavy atom. The third-order valence-corrected chi connectivity index (χ3v) is 4.83. The van der Waals surface area contributed by atoms with E-state index in [1.165, 1.54) is 6.07 Å². The third kappa shape index (κ3) is 3.44. The highest BCUT2D eigenvalue weighted by molar-refractivity contribution is 5.82. The molecular weight excluding hydrogens is 344 g/mol. The van der Waals surface area contributed by atoms with E-state index in [0.717, 1.165) is 22.4 Å². The van der Waals surface area contributed by atoms with E-state index in [1.54, 1.807) is 21.7 Å². The van der Waals surface area contributed by atoms with Crippen molar-refractivity contribution < 1.29 is 14.6 Å². The van der Waals surface area contributed by atoms with Gasteiger partial charge in [0.2, 0.25) is 5.91 Å². The van der Waals surface area contributed by atoms with Gasteiger partial charge in [-0.15, -0.1) is 0 Å². The number of fused-ring (bicyclic) bond motifs is 2. The van der Waals surface area contributed by atoms with Crippen molar-refractivity contribution in [2.75, 3.05) is 13.2 Å². The maximum atomic E-state index is 12.9. The molecule has 0 unspecified atom stereocenters. The molecule has 0 saturated carbocycles. The summed E-state index contributed by atoms with van der Waals surface area (Å²) in [6.45, 7) is 1.43. The van der Waals surface area contributed by atoms with E-state index in [9.17, 15) is 14.7 Å². The van der Waals surface area contributed by atoms with Crippen LogP contribution in [0.15, 0.2) is 59.5 Å². The van der Waals surface area contributed by atoms with Crippen LogP contribution in [0.25, 0.3) is 10.9 Å². The van der Waals surface area contributed by atoms with Gasteiger partial charge < -0.3 is 19.3 Å². The fraction of sp³-hybridized carbons (Fsp3) is 0.238. The van der Waals surface area contributed by atoms with Crippen molar-refractivity contribution in [2.24, 2.45) is 0 Å². The van der Waals surface area contributed by atoms with E-state index in [2.05, 4.69) is 0 Å². The molecule has 0 spiro atoms. The topological polar surface area (TPSA) is 71.8 Å². The molecule has 0 aliphatic carbocycles. The number of nitrogens with zero attached hydrogens (tertiary/aromatic N) is 2. The van der Waals surface area contributed by atoms with E-state index < -0.39 is 0 Å². The largest absolute Gasteiger partial charge is 0.491 e. The standard InChI is InChI=1S/C21H20N2O4/c24-14-15-5-6-20-16(11-15)12-23(9-10-27-20)21(26)13-22-8-7-19(25)17-3-1-2-4-18(17)22/h1-8,11,24H,9-10,12-14H2. The number of aromatic nitrogens is 1. The molecule has 1 aliphatic rings. The Morgan fingerprint density at radius 2 is 2.00 bits per heavy atom. The Kier molecular flexibility index (Phi) is 4.64. The first kappa shape index (κ1) is 17.3. The molecular formula is C21H20N2O4. The Hall–Kier alpha value is -3.12. The number of carbonyl (C=O) groups excluding carboxylic acids is 1. The zero-order chi connectivity index (χ0) is 18.8. The van der Waals surface area contributed by atoms with Crippen LogP contribution in [0.1, 0.15) is 11.1 Å². The second-order valence-electron chi connectivity index (χ2n) is 6.59. The Bertz CT molecular complexity index is 1060. The van der Waals surface area contributed by atoms with Gasteiger partial charge in [-0.3, -0.25) is 9.59 Å². The molecule has 0 saturated heterocycles. The Morgan fingerprint density at radius 1 is 1.15 bits per heavy atom. The molecule has 0 fully saturated rings. The number of ether oxygens (including phenoxy) is 1. The normalized spacial score (nSPS) is 13.7. The van der Waals surface area contributed by atoms with Crippen molar-refractivity contribution in [1.82, 2.24) is 9.47 Å². The maximum Gasteiger partial charge on any atom is 0.242 e. The first-order valence-electron chi connectivity index (χ1n) is 8.87. The maximum absolute atomic E-state index is 12.9. The number of pyridine rings is 1. The highest BCUT2D eigenvalue weighted by Crippen LogP contribution is 2.24. The van der Waals surface area contributed by atoms with Crippen molar-refractivity contribution in [3.8, 4) is 5.75 Å². The minimum Gasteiger partial charge on any atom is -0.491 e. The lowest BCUT2D eigenvalue weighted by atomic mass is 10.1. The van der Waals surface area contributed by atoms with Crippen LogP contribution in [0.4, 0.5) is 0 Å². The highest BCUT2D eigenvalue weighted by atomic mass is 16.5. The molecule has 3 aromatic rings. The van der Waals surface area contributed by atoms with E-state index in [-0.39, 0.29) is 24.5 Å². The van der Waals surface area contributed by atoms with Gasteiger partial charge in [-0.05, 0) is 29.8 Å². The van der Waals surface area contributed by atoms with Crippen molar-refractivity contribution >= 4 is 16.8 Å². The van der Waals surface area contributed by atoms with Gasteiger partial charge in [-0.1, -0.05) is 18.2 Å². The summed E-state index contributed by atoms with van der Waals surface area (Å²) < 4.78 is 7.54. The summed E-state index contributed by atoms with van der Waals surface area (Å²) in [5, 5.41) is 9.95. The molecule has 27 heavy (non-hydrogen) atoms. The molecule has 6 heteroatoms. The SMILES string of the molecule is O=C(Cn1ccc(=O)c2ccccc21)N1CCOc2ccc(CO)cc2C1. The minimum absolute atomic E-state index is 0.0466. The van der Waals surface area contributed by atoms with E-state index in [0.29, 0.717) is 25.1 Å². The predicted molar refractivity (Wildman–Crippen MR) is 101 cm³/mol. The average molecular weight is 364 g/mol. The van der Waals surface area contributed by atoms with Crippen LogP contribution < -0.4 is 10.2 Å². The molecule has 1 amide bonds. The highest BCUT2D eigenvalue weighted by Gasteiger charge is 2.20. The van der Waals surface area contributed by atoms with Crippen molar-refractivity contribution in [2.45, 2.75) is 19.7 Å². The Labute approximate surface area is 156 Å². The molecule has 138 valence electrons. The predicted octanol–water partition coefficient (Wildman–Crippen LogP) is 1.92. The van der Waals surface area contributed by atoms with Crippen LogP contribution in [-0.2, 0) is 24.5 Å². The number of hydrogen-bond donors (Lipinski definition) is 1. The second-order valence-corrected chi connectivity index (χ2v) is 6.59. The number of amides is 1. The zero-order valence-corrected chi connectivity index (χ0v) is 14.8. The first-order chi connectivity index (χ1) is 13.2. The molecule has 0 bridgehead atoms. The van der Waals surface area contributed by atoms with Crippen molar-refractivity contribution in [3.63, 3.8) is 0 Å². The number of carbonyl (C=O) groups is 1.